The van der Waals surface area contributed by atoms with Crippen LogP contribution >= 0.6 is 11.8 Å². The molecule has 0 amide bonds. The van der Waals surface area contributed by atoms with Gasteiger partial charge in [0, 0.05) is 11.8 Å². The molecule has 35 heavy (non-hydrogen) atoms. The van der Waals surface area contributed by atoms with Gasteiger partial charge >= 0.3 is 0 Å². The number of hydrogen-bond donors (Lipinski definition) is 2. The first kappa shape index (κ1) is 23.4. The minimum absolute atomic E-state index is 0.0697. The summed E-state index contributed by atoms with van der Waals surface area (Å²) >= 11 is 1.23. The standard InChI is InChI=1S/C28H33NO5S/c1-26-11-9-17(30)13-16(26)7-8-18-19-10-12-28(33,27(19,2)14-21(31)24(18)26)23(32)15-35-25-29-20-5-3-4-6-22(20)34-25/h3-6,13,18-19,21,24,31,33H,7-12,14-15H2,1-2H3/t18?,19?,21-,24?,26?,27?,28-/m0/s1. The van der Waals surface area contributed by atoms with Crippen LogP contribution in [0.1, 0.15) is 58.8 Å². The summed E-state index contributed by atoms with van der Waals surface area (Å²) < 4.78 is 5.75. The molecular weight excluding hydrogens is 462 g/mol. The van der Waals surface area contributed by atoms with Crippen LogP contribution in [0.5, 0.6) is 0 Å². The first-order chi connectivity index (χ1) is 16.7. The Morgan fingerprint density at radius 2 is 2.00 bits per heavy atom. The van der Waals surface area contributed by atoms with Gasteiger partial charge in [-0.25, -0.2) is 4.98 Å². The lowest BCUT2D eigenvalue weighted by atomic mass is 9.45. The molecule has 4 aliphatic rings. The number of aliphatic hydroxyl groups excluding tert-OH is 1. The molecule has 0 aliphatic heterocycles. The minimum Gasteiger partial charge on any atom is -0.431 e. The molecule has 1 heterocycles. The van der Waals surface area contributed by atoms with Crippen LogP contribution in [-0.4, -0.2) is 44.2 Å². The number of oxazole rings is 1. The zero-order valence-electron chi connectivity index (χ0n) is 20.3. The summed E-state index contributed by atoms with van der Waals surface area (Å²) in [5.74, 6) is 0.568. The highest BCUT2D eigenvalue weighted by Crippen LogP contribution is 2.67. The van der Waals surface area contributed by atoms with E-state index in [9.17, 15) is 19.8 Å². The summed E-state index contributed by atoms with van der Waals surface area (Å²) in [5, 5.41) is 23.8. The van der Waals surface area contributed by atoms with Crippen molar-refractivity contribution in [3.8, 4) is 0 Å². The van der Waals surface area contributed by atoms with Gasteiger partial charge in [-0.1, -0.05) is 43.3 Å². The lowest BCUT2D eigenvalue weighted by molar-refractivity contribution is -0.178. The Hall–Kier alpha value is -1.96. The third kappa shape index (κ3) is 3.34. The quantitative estimate of drug-likeness (QED) is 0.592. The molecule has 5 unspecified atom stereocenters. The van der Waals surface area contributed by atoms with E-state index in [0.29, 0.717) is 30.1 Å². The van der Waals surface area contributed by atoms with E-state index in [1.807, 2.05) is 37.3 Å². The van der Waals surface area contributed by atoms with Crippen LogP contribution in [0.3, 0.4) is 0 Å². The summed E-state index contributed by atoms with van der Waals surface area (Å²) in [5.41, 5.74) is 0.303. The number of rotatable bonds is 4. The molecule has 1 aromatic carbocycles. The van der Waals surface area contributed by atoms with Crippen LogP contribution in [0, 0.1) is 28.6 Å². The van der Waals surface area contributed by atoms with E-state index in [2.05, 4.69) is 11.9 Å². The molecule has 0 radical (unpaired) electrons. The maximum atomic E-state index is 13.5. The Bertz CT molecular complexity index is 1200. The van der Waals surface area contributed by atoms with Gasteiger partial charge in [0.2, 0.25) is 0 Å². The number of para-hydroxylation sites is 2. The molecule has 0 spiro atoms. The van der Waals surface area contributed by atoms with Crippen molar-refractivity contribution in [2.45, 2.75) is 75.7 Å². The first-order valence-electron chi connectivity index (χ1n) is 12.8. The van der Waals surface area contributed by atoms with Crippen LogP contribution in [0.25, 0.3) is 11.1 Å². The lowest BCUT2D eigenvalue weighted by Gasteiger charge is -2.60. The highest BCUT2D eigenvalue weighted by molar-refractivity contribution is 7.99. The molecule has 2 N–H and O–H groups in total. The normalized spacial score (nSPS) is 40.7. The second-order valence-corrected chi connectivity index (χ2v) is 12.6. The summed E-state index contributed by atoms with van der Waals surface area (Å²) in [7, 11) is 0. The molecule has 1 aromatic heterocycles. The number of allylic oxidation sites excluding steroid dienone is 1. The number of hydrogen-bond acceptors (Lipinski definition) is 7. The van der Waals surface area contributed by atoms with Gasteiger partial charge in [0.1, 0.15) is 11.1 Å². The Kier molecular flexibility index (Phi) is 5.37. The van der Waals surface area contributed by atoms with E-state index < -0.39 is 17.1 Å². The molecule has 7 heteroatoms. The fourth-order valence-electron chi connectivity index (χ4n) is 8.31. The van der Waals surface area contributed by atoms with E-state index in [4.69, 9.17) is 4.42 Å². The van der Waals surface area contributed by atoms with E-state index >= 15 is 0 Å². The molecule has 0 bridgehead atoms. The topological polar surface area (TPSA) is 101 Å². The second kappa shape index (κ2) is 8.02. The van der Waals surface area contributed by atoms with Crippen molar-refractivity contribution in [3.63, 3.8) is 0 Å². The number of carbonyl (C=O) groups is 2. The molecule has 7 atom stereocenters. The van der Waals surface area contributed by atoms with Gasteiger partial charge in [-0.3, -0.25) is 9.59 Å². The smallest absolute Gasteiger partial charge is 0.257 e. The van der Waals surface area contributed by atoms with E-state index in [1.54, 1.807) is 0 Å². The predicted molar refractivity (Wildman–Crippen MR) is 133 cm³/mol. The number of aromatic nitrogens is 1. The number of thioether (sulfide) groups is 1. The Morgan fingerprint density at radius 3 is 2.80 bits per heavy atom. The zero-order chi connectivity index (χ0) is 24.6. The van der Waals surface area contributed by atoms with Gasteiger partial charge in [0.05, 0.1) is 11.9 Å². The van der Waals surface area contributed by atoms with Crippen molar-refractivity contribution in [1.29, 1.82) is 0 Å². The van der Waals surface area contributed by atoms with Crippen molar-refractivity contribution in [2.75, 3.05) is 5.75 Å². The molecule has 4 aliphatic carbocycles. The minimum atomic E-state index is -1.47. The lowest BCUT2D eigenvalue weighted by Crippen LogP contribution is -2.61. The Balaban J connectivity index is 1.24. The van der Waals surface area contributed by atoms with Crippen molar-refractivity contribution in [2.24, 2.45) is 28.6 Å². The molecular formula is C28H33NO5S. The van der Waals surface area contributed by atoms with E-state index in [1.165, 1.54) is 17.3 Å². The van der Waals surface area contributed by atoms with Crippen molar-refractivity contribution in [3.05, 3.63) is 35.9 Å². The summed E-state index contributed by atoms with van der Waals surface area (Å²) in [6.07, 6.45) is 5.93. The molecule has 2 aromatic rings. The third-order valence-electron chi connectivity index (χ3n) is 10.1. The fraction of sp³-hybridized carbons (Fsp3) is 0.607. The van der Waals surface area contributed by atoms with Crippen LogP contribution < -0.4 is 0 Å². The molecule has 0 saturated heterocycles. The number of fused-ring (bicyclic) bond motifs is 6. The van der Waals surface area contributed by atoms with Gasteiger partial charge in [-0.05, 0) is 79.9 Å². The second-order valence-electron chi connectivity index (χ2n) is 11.6. The number of ketones is 2. The van der Waals surface area contributed by atoms with Crippen LogP contribution in [0.4, 0.5) is 0 Å². The predicted octanol–water partition coefficient (Wildman–Crippen LogP) is 4.72. The van der Waals surface area contributed by atoms with Gasteiger partial charge in [-0.2, -0.15) is 0 Å². The number of benzene rings is 1. The number of Topliss-reactive ketones (excluding diaryl/α,β-unsaturated/α-hetero) is 1. The van der Waals surface area contributed by atoms with Crippen LogP contribution in [0.15, 0.2) is 45.6 Å². The number of carbonyl (C=O) groups excluding carboxylic acids is 2. The zero-order valence-corrected chi connectivity index (χ0v) is 21.1. The van der Waals surface area contributed by atoms with Crippen molar-refractivity contribution in [1.82, 2.24) is 4.98 Å². The summed E-state index contributed by atoms with van der Waals surface area (Å²) in [6, 6.07) is 7.49. The molecule has 3 fully saturated rings. The molecule has 3 saturated carbocycles. The van der Waals surface area contributed by atoms with Crippen molar-refractivity contribution >= 4 is 34.4 Å². The first-order valence-corrected chi connectivity index (χ1v) is 13.8. The van der Waals surface area contributed by atoms with Gasteiger partial charge in [0.15, 0.2) is 17.1 Å². The highest BCUT2D eigenvalue weighted by atomic mass is 32.2. The average molecular weight is 496 g/mol. The fourth-order valence-corrected chi connectivity index (χ4v) is 9.11. The van der Waals surface area contributed by atoms with E-state index in [-0.39, 0.29) is 40.5 Å². The van der Waals surface area contributed by atoms with E-state index in [0.717, 1.165) is 31.2 Å². The summed E-state index contributed by atoms with van der Waals surface area (Å²) in [6.45, 7) is 4.24. The average Bonchev–Trinajstić information content (AvgIpc) is 3.36. The van der Waals surface area contributed by atoms with Crippen LogP contribution in [0.2, 0.25) is 0 Å². The molecule has 6 rings (SSSR count). The third-order valence-corrected chi connectivity index (χ3v) is 10.9. The molecule has 6 nitrogen and oxygen atoms in total. The Labute approximate surface area is 209 Å². The van der Waals surface area contributed by atoms with Gasteiger partial charge < -0.3 is 14.6 Å². The maximum absolute atomic E-state index is 13.5. The van der Waals surface area contributed by atoms with Gasteiger partial charge in [0.25, 0.3) is 5.22 Å². The maximum Gasteiger partial charge on any atom is 0.257 e. The van der Waals surface area contributed by atoms with Crippen LogP contribution in [-0.2, 0) is 9.59 Å². The number of aliphatic hydroxyl groups is 2. The largest absolute Gasteiger partial charge is 0.431 e. The van der Waals surface area contributed by atoms with Gasteiger partial charge in [-0.15, -0.1) is 0 Å². The number of nitrogens with zero attached hydrogens (tertiary/aromatic N) is 1. The van der Waals surface area contributed by atoms with Crippen molar-refractivity contribution < 1.29 is 24.2 Å². The summed E-state index contributed by atoms with van der Waals surface area (Å²) in [4.78, 5) is 30.1. The monoisotopic (exact) mass is 495 g/mol. The highest BCUT2D eigenvalue weighted by Gasteiger charge is 2.68. The molecule has 186 valence electrons. The SMILES string of the molecule is CC12CCC(=O)C=C1CCC1C2[C@@H](O)CC2(C)C1CC[C@]2(O)C(=O)CSc1nc2ccccc2o1. The Morgan fingerprint density at radius 1 is 1.20 bits per heavy atom.